The highest BCUT2D eigenvalue weighted by atomic mass is 35.5. The van der Waals surface area contributed by atoms with Gasteiger partial charge in [-0.3, -0.25) is 14.7 Å². The molecule has 0 saturated carbocycles. The largest absolute Gasteiger partial charge is 0.495 e. The molecule has 42 heavy (non-hydrogen) atoms. The van der Waals surface area contributed by atoms with Gasteiger partial charge in [-0.2, -0.15) is 13.2 Å². The number of nitrogens with zero attached hydrogens (tertiary/aromatic N) is 6. The van der Waals surface area contributed by atoms with Gasteiger partial charge in [-0.05, 0) is 61.5 Å². The standard InChI is InChI=1S/C29H27ClF3N7O2/c1-38-14-23-10-22(38)15-39(23)13-17-5-20(29(31,32)33)9-21(6-17)35-28(41)18-3-4-25(30)27(8-18)40-16-26(36-37-40)19-7-24(42-2)12-34-11-19/h3-9,11-12,16,22-23H,10,13-15H2,1-2H3,(H,35,41). The average Bonchev–Trinajstić information content (AvgIpc) is 3.69. The minimum atomic E-state index is -4.56. The molecular weight excluding hydrogens is 571 g/mol. The molecule has 13 heteroatoms. The summed E-state index contributed by atoms with van der Waals surface area (Å²) in [6.45, 7) is 2.09. The number of fused-ring (bicyclic) bond motifs is 2. The smallest absolute Gasteiger partial charge is 0.416 e. The van der Waals surface area contributed by atoms with Crippen LogP contribution in [-0.4, -0.2) is 75.0 Å². The quantitative estimate of drug-likeness (QED) is 0.315. The lowest BCUT2D eigenvalue weighted by Crippen LogP contribution is -2.43. The van der Waals surface area contributed by atoms with Gasteiger partial charge in [0.05, 0.1) is 35.8 Å². The summed E-state index contributed by atoms with van der Waals surface area (Å²) >= 11 is 6.42. The summed E-state index contributed by atoms with van der Waals surface area (Å²) < 4.78 is 48.0. The number of alkyl halides is 3. The first-order valence-electron chi connectivity index (χ1n) is 13.3. The lowest BCUT2D eigenvalue weighted by atomic mass is 10.1. The van der Waals surface area contributed by atoms with Crippen LogP contribution in [0.1, 0.15) is 27.9 Å². The van der Waals surface area contributed by atoms with Gasteiger partial charge in [0.1, 0.15) is 11.4 Å². The van der Waals surface area contributed by atoms with Crippen molar-refractivity contribution in [3.05, 3.63) is 82.8 Å². The van der Waals surface area contributed by atoms with E-state index in [0.29, 0.717) is 51.9 Å². The molecule has 2 atom stereocenters. The van der Waals surface area contributed by atoms with Crippen molar-refractivity contribution >= 4 is 23.2 Å². The second-order valence-corrected chi connectivity index (χ2v) is 11.0. The number of likely N-dealkylation sites (tertiary alicyclic amines) is 2. The number of anilines is 1. The van der Waals surface area contributed by atoms with E-state index in [0.717, 1.165) is 31.6 Å². The van der Waals surface area contributed by atoms with Crippen LogP contribution in [0.2, 0.25) is 5.02 Å². The predicted octanol–water partition coefficient (Wildman–Crippen LogP) is 5.15. The molecule has 4 heterocycles. The highest BCUT2D eigenvalue weighted by molar-refractivity contribution is 6.32. The zero-order valence-corrected chi connectivity index (χ0v) is 23.5. The summed E-state index contributed by atoms with van der Waals surface area (Å²) in [6, 6.07) is 10.7. The van der Waals surface area contributed by atoms with Crippen molar-refractivity contribution < 1.29 is 22.7 Å². The SMILES string of the molecule is COc1cncc(-c2cn(-c3cc(C(=O)Nc4cc(CN5CC6CC5CN6C)cc(C(F)(F)F)c4)ccc3Cl)nn2)c1. The Labute approximate surface area is 244 Å². The van der Waals surface area contributed by atoms with Gasteiger partial charge in [0.25, 0.3) is 5.91 Å². The van der Waals surface area contributed by atoms with Gasteiger partial charge in [-0.25, -0.2) is 4.68 Å². The van der Waals surface area contributed by atoms with E-state index in [-0.39, 0.29) is 11.3 Å². The number of aromatic nitrogens is 4. The van der Waals surface area contributed by atoms with Gasteiger partial charge in [-0.15, -0.1) is 5.10 Å². The van der Waals surface area contributed by atoms with E-state index in [1.54, 1.807) is 30.7 Å². The minimum Gasteiger partial charge on any atom is -0.495 e. The minimum absolute atomic E-state index is 0.0661. The van der Waals surface area contributed by atoms with Crippen molar-refractivity contribution in [3.8, 4) is 22.7 Å². The Morgan fingerprint density at radius 1 is 1.12 bits per heavy atom. The van der Waals surface area contributed by atoms with Crippen LogP contribution in [-0.2, 0) is 12.7 Å². The molecule has 0 aliphatic carbocycles. The van der Waals surface area contributed by atoms with Gasteiger partial charge < -0.3 is 15.0 Å². The number of rotatable bonds is 7. The third kappa shape index (κ3) is 5.69. The number of piperazine rings is 1. The van der Waals surface area contributed by atoms with E-state index in [4.69, 9.17) is 16.3 Å². The fourth-order valence-electron chi connectivity index (χ4n) is 5.61. The van der Waals surface area contributed by atoms with Crippen LogP contribution < -0.4 is 10.1 Å². The number of ether oxygens (including phenoxy) is 1. The molecule has 4 aromatic rings. The topological polar surface area (TPSA) is 88.4 Å². The molecule has 2 unspecified atom stereocenters. The second-order valence-electron chi connectivity index (χ2n) is 10.6. The molecule has 2 aromatic heterocycles. The van der Waals surface area contributed by atoms with Gasteiger partial charge in [0.15, 0.2) is 0 Å². The summed E-state index contributed by atoms with van der Waals surface area (Å²) in [7, 11) is 3.60. The lowest BCUT2D eigenvalue weighted by molar-refractivity contribution is -0.137. The van der Waals surface area contributed by atoms with Gasteiger partial charge in [-0.1, -0.05) is 16.8 Å². The van der Waals surface area contributed by atoms with Crippen LogP contribution in [0.15, 0.2) is 61.1 Å². The van der Waals surface area contributed by atoms with Crippen molar-refractivity contribution in [2.24, 2.45) is 0 Å². The number of pyridine rings is 1. The molecule has 6 rings (SSSR count). The van der Waals surface area contributed by atoms with Crippen molar-refractivity contribution in [1.82, 2.24) is 29.8 Å². The zero-order valence-electron chi connectivity index (χ0n) is 22.8. The second kappa shape index (κ2) is 11.0. The van der Waals surface area contributed by atoms with Crippen LogP contribution in [0, 0.1) is 0 Å². The number of carbonyl (C=O) groups excluding carboxylic acids is 1. The molecule has 0 radical (unpaired) electrons. The highest BCUT2D eigenvalue weighted by Crippen LogP contribution is 2.35. The third-order valence-corrected chi connectivity index (χ3v) is 8.10. The summed E-state index contributed by atoms with van der Waals surface area (Å²) in [6.07, 6.45) is 1.26. The van der Waals surface area contributed by atoms with Crippen molar-refractivity contribution in [1.29, 1.82) is 0 Å². The number of halogens is 4. The fraction of sp³-hybridized carbons (Fsp3) is 0.310. The molecule has 2 aromatic carbocycles. The Balaban J connectivity index is 1.24. The van der Waals surface area contributed by atoms with Gasteiger partial charge >= 0.3 is 6.18 Å². The maximum absolute atomic E-state index is 13.8. The number of hydrogen-bond donors (Lipinski definition) is 1. The van der Waals surface area contributed by atoms with Crippen molar-refractivity contribution in [3.63, 3.8) is 0 Å². The Hall–Kier alpha value is -4.00. The first-order valence-corrected chi connectivity index (χ1v) is 13.6. The third-order valence-electron chi connectivity index (χ3n) is 7.78. The van der Waals surface area contributed by atoms with E-state index in [9.17, 15) is 18.0 Å². The zero-order chi connectivity index (χ0) is 29.6. The molecule has 2 aliphatic rings. The first kappa shape index (κ1) is 28.1. The summed E-state index contributed by atoms with van der Waals surface area (Å²) in [5.41, 5.74) is 1.48. The molecule has 2 bridgehead atoms. The van der Waals surface area contributed by atoms with Gasteiger partial charge in [0, 0.05) is 54.7 Å². The first-order chi connectivity index (χ1) is 20.1. The molecule has 2 aliphatic heterocycles. The number of nitrogens with one attached hydrogen (secondary N) is 1. The van der Waals surface area contributed by atoms with Crippen LogP contribution in [0.4, 0.5) is 18.9 Å². The molecule has 1 amide bonds. The molecule has 1 N–H and O–H groups in total. The fourth-order valence-corrected chi connectivity index (χ4v) is 5.82. The van der Waals surface area contributed by atoms with Crippen molar-refractivity contribution in [2.75, 3.05) is 32.6 Å². The van der Waals surface area contributed by atoms with Crippen LogP contribution >= 0.6 is 11.6 Å². The van der Waals surface area contributed by atoms with E-state index < -0.39 is 17.6 Å². The number of likely N-dealkylation sites (N-methyl/N-ethyl adjacent to an activating group) is 1. The molecule has 2 fully saturated rings. The Morgan fingerprint density at radius 3 is 2.67 bits per heavy atom. The summed E-state index contributed by atoms with van der Waals surface area (Å²) in [5.74, 6) is -0.0332. The Bertz CT molecular complexity index is 1640. The highest BCUT2D eigenvalue weighted by Gasteiger charge is 2.41. The maximum Gasteiger partial charge on any atom is 0.416 e. The molecule has 0 spiro atoms. The maximum atomic E-state index is 13.8. The van der Waals surface area contributed by atoms with E-state index in [2.05, 4.69) is 37.5 Å². The van der Waals surface area contributed by atoms with E-state index in [1.807, 2.05) is 0 Å². The molecule has 2 saturated heterocycles. The van der Waals surface area contributed by atoms with Gasteiger partial charge in [0.2, 0.25) is 0 Å². The number of methoxy groups -OCH3 is 1. The summed E-state index contributed by atoms with van der Waals surface area (Å²) in [5, 5.41) is 11.2. The van der Waals surface area contributed by atoms with Crippen LogP contribution in [0.5, 0.6) is 5.75 Å². The average molecular weight is 598 g/mol. The number of amides is 1. The van der Waals surface area contributed by atoms with Crippen LogP contribution in [0.25, 0.3) is 16.9 Å². The number of benzene rings is 2. The lowest BCUT2D eigenvalue weighted by Gasteiger charge is -2.32. The Kier molecular flexibility index (Phi) is 7.37. The summed E-state index contributed by atoms with van der Waals surface area (Å²) in [4.78, 5) is 21.9. The predicted molar refractivity (Wildman–Crippen MR) is 151 cm³/mol. The number of hydrogen-bond acceptors (Lipinski definition) is 7. The van der Waals surface area contributed by atoms with E-state index >= 15 is 0 Å². The Morgan fingerprint density at radius 2 is 1.95 bits per heavy atom. The molecule has 9 nitrogen and oxygen atoms in total. The van der Waals surface area contributed by atoms with Crippen LogP contribution in [0.3, 0.4) is 0 Å². The number of carbonyl (C=O) groups is 1. The molecule has 218 valence electrons. The van der Waals surface area contributed by atoms with E-state index in [1.165, 1.54) is 30.0 Å². The van der Waals surface area contributed by atoms with Crippen molar-refractivity contribution in [2.45, 2.75) is 31.2 Å². The normalized spacial score (nSPS) is 18.9. The monoisotopic (exact) mass is 597 g/mol. The molecular formula is C29H27ClF3N7O2.